The van der Waals surface area contributed by atoms with Crippen LogP contribution < -0.4 is 5.32 Å². The van der Waals surface area contributed by atoms with E-state index in [1.54, 1.807) is 30.3 Å². The first-order chi connectivity index (χ1) is 10.6. The van der Waals surface area contributed by atoms with Crippen molar-refractivity contribution in [1.82, 2.24) is 5.32 Å². The normalized spacial score (nSPS) is 14.0. The van der Waals surface area contributed by atoms with E-state index in [1.807, 2.05) is 12.1 Å². The van der Waals surface area contributed by atoms with Crippen LogP contribution in [0, 0.1) is 5.82 Å². The number of carboxylic acid groups (broad SMARTS) is 1. The van der Waals surface area contributed by atoms with Crippen LogP contribution in [-0.2, 0) is 13.1 Å². The van der Waals surface area contributed by atoms with Gasteiger partial charge in [0, 0.05) is 18.7 Å². The minimum Gasteiger partial charge on any atom is -0.478 e. The third-order valence-electron chi connectivity index (χ3n) is 3.97. The number of hydrogen-bond donors (Lipinski definition) is 2. The molecule has 1 fully saturated rings. The average Bonchev–Trinajstić information content (AvgIpc) is 3.34. The van der Waals surface area contributed by atoms with E-state index in [9.17, 15) is 9.18 Å². The minimum absolute atomic E-state index is 0.155. The van der Waals surface area contributed by atoms with E-state index in [4.69, 9.17) is 5.11 Å². The first-order valence-electron chi connectivity index (χ1n) is 7.45. The fourth-order valence-electron chi connectivity index (χ4n) is 2.48. The molecule has 0 atom stereocenters. The maximum atomic E-state index is 14.0. The van der Waals surface area contributed by atoms with Gasteiger partial charge in [-0.15, -0.1) is 0 Å². The van der Waals surface area contributed by atoms with Crippen molar-refractivity contribution in [1.29, 1.82) is 0 Å². The fourth-order valence-corrected chi connectivity index (χ4v) is 2.48. The summed E-state index contributed by atoms with van der Waals surface area (Å²) < 4.78 is 14.0. The number of rotatable bonds is 6. The Labute approximate surface area is 128 Å². The number of nitrogens with one attached hydrogen (secondary N) is 1. The van der Waals surface area contributed by atoms with Crippen LogP contribution in [0.25, 0.3) is 0 Å². The Hall–Kier alpha value is -2.20. The summed E-state index contributed by atoms with van der Waals surface area (Å²) in [6.45, 7) is 1.03. The van der Waals surface area contributed by atoms with Crippen molar-refractivity contribution in [3.8, 4) is 0 Å². The second kappa shape index (κ2) is 6.28. The summed E-state index contributed by atoms with van der Waals surface area (Å²) in [5.41, 5.74) is 3.00. The molecule has 2 aromatic carbocycles. The Balaban J connectivity index is 1.55. The highest BCUT2D eigenvalue weighted by molar-refractivity contribution is 5.87. The van der Waals surface area contributed by atoms with E-state index in [1.165, 1.54) is 12.8 Å². The Kier molecular flexibility index (Phi) is 4.20. The largest absolute Gasteiger partial charge is 0.478 e. The summed E-state index contributed by atoms with van der Waals surface area (Å²) >= 11 is 0. The topological polar surface area (TPSA) is 49.3 Å². The van der Waals surface area contributed by atoms with E-state index in [0.717, 1.165) is 11.1 Å². The van der Waals surface area contributed by atoms with Crippen LogP contribution >= 0.6 is 0 Å². The molecule has 0 unspecified atom stereocenters. The smallest absolute Gasteiger partial charge is 0.335 e. The highest BCUT2D eigenvalue weighted by Gasteiger charge is 2.24. The molecule has 2 aromatic rings. The molecule has 0 bridgehead atoms. The van der Waals surface area contributed by atoms with Gasteiger partial charge in [-0.3, -0.25) is 0 Å². The quantitative estimate of drug-likeness (QED) is 0.855. The Morgan fingerprint density at radius 3 is 2.45 bits per heavy atom. The standard InChI is InChI=1S/C18H18FNO2/c19-17-9-15(13-5-6-13)7-8-16(17)11-20-10-12-1-3-14(4-2-12)18(21)22/h1-4,7-9,13,20H,5-6,10-11H2,(H,21,22). The van der Waals surface area contributed by atoms with Gasteiger partial charge in [0.15, 0.2) is 0 Å². The molecule has 0 radical (unpaired) electrons. The number of halogens is 1. The summed E-state index contributed by atoms with van der Waals surface area (Å²) in [6.07, 6.45) is 2.34. The lowest BCUT2D eigenvalue weighted by Crippen LogP contribution is -2.14. The van der Waals surface area contributed by atoms with Crippen LogP contribution in [0.1, 0.15) is 45.8 Å². The molecule has 4 heteroatoms. The van der Waals surface area contributed by atoms with Gasteiger partial charge in [0.25, 0.3) is 0 Å². The molecule has 3 rings (SSSR count). The van der Waals surface area contributed by atoms with Crippen molar-refractivity contribution < 1.29 is 14.3 Å². The van der Waals surface area contributed by atoms with Gasteiger partial charge in [-0.25, -0.2) is 9.18 Å². The van der Waals surface area contributed by atoms with Crippen LogP contribution in [0.2, 0.25) is 0 Å². The second-order valence-electron chi connectivity index (χ2n) is 5.73. The lowest BCUT2D eigenvalue weighted by Gasteiger charge is -2.08. The predicted octanol–water partition coefficient (Wildman–Crippen LogP) is 3.69. The van der Waals surface area contributed by atoms with Crippen LogP contribution in [-0.4, -0.2) is 11.1 Å². The third-order valence-corrected chi connectivity index (χ3v) is 3.97. The Morgan fingerprint density at radius 2 is 1.86 bits per heavy atom. The van der Waals surface area contributed by atoms with Crippen LogP contribution in [0.15, 0.2) is 42.5 Å². The molecule has 114 valence electrons. The van der Waals surface area contributed by atoms with Crippen molar-refractivity contribution in [3.63, 3.8) is 0 Å². The van der Waals surface area contributed by atoms with Gasteiger partial charge < -0.3 is 10.4 Å². The summed E-state index contributed by atoms with van der Waals surface area (Å²) in [5.74, 6) is -0.528. The van der Waals surface area contributed by atoms with Gasteiger partial charge >= 0.3 is 5.97 Å². The van der Waals surface area contributed by atoms with Crippen molar-refractivity contribution in [2.24, 2.45) is 0 Å². The molecule has 1 aliphatic carbocycles. The zero-order valence-electron chi connectivity index (χ0n) is 12.2. The third kappa shape index (κ3) is 3.52. The maximum absolute atomic E-state index is 14.0. The molecular formula is C18H18FNO2. The van der Waals surface area contributed by atoms with Crippen LogP contribution in [0.5, 0.6) is 0 Å². The number of carboxylic acids is 1. The average molecular weight is 299 g/mol. The van der Waals surface area contributed by atoms with Gasteiger partial charge in [0.1, 0.15) is 5.82 Å². The van der Waals surface area contributed by atoms with Crippen molar-refractivity contribution in [2.45, 2.75) is 31.8 Å². The highest BCUT2D eigenvalue weighted by atomic mass is 19.1. The van der Waals surface area contributed by atoms with Gasteiger partial charge in [0.2, 0.25) is 0 Å². The molecule has 1 saturated carbocycles. The molecular weight excluding hydrogens is 281 g/mol. The summed E-state index contributed by atoms with van der Waals surface area (Å²) in [6, 6.07) is 12.2. The fraction of sp³-hybridized carbons (Fsp3) is 0.278. The lowest BCUT2D eigenvalue weighted by atomic mass is 10.1. The second-order valence-corrected chi connectivity index (χ2v) is 5.73. The van der Waals surface area contributed by atoms with E-state index >= 15 is 0 Å². The summed E-state index contributed by atoms with van der Waals surface area (Å²) in [4.78, 5) is 10.8. The van der Waals surface area contributed by atoms with Crippen LogP contribution in [0.4, 0.5) is 4.39 Å². The monoisotopic (exact) mass is 299 g/mol. The number of aromatic carboxylic acids is 1. The molecule has 2 N–H and O–H groups in total. The van der Waals surface area contributed by atoms with Gasteiger partial charge in [-0.2, -0.15) is 0 Å². The lowest BCUT2D eigenvalue weighted by molar-refractivity contribution is 0.0697. The van der Waals surface area contributed by atoms with Gasteiger partial charge in [0.05, 0.1) is 5.56 Å². The molecule has 0 amide bonds. The zero-order valence-corrected chi connectivity index (χ0v) is 12.2. The van der Waals surface area contributed by atoms with Crippen molar-refractivity contribution >= 4 is 5.97 Å². The summed E-state index contributed by atoms with van der Waals surface area (Å²) in [7, 11) is 0. The number of hydrogen-bond acceptors (Lipinski definition) is 2. The number of carbonyl (C=O) groups is 1. The van der Waals surface area contributed by atoms with Gasteiger partial charge in [-0.1, -0.05) is 24.3 Å². The molecule has 22 heavy (non-hydrogen) atoms. The SMILES string of the molecule is O=C(O)c1ccc(CNCc2ccc(C3CC3)cc2F)cc1. The van der Waals surface area contributed by atoms with Crippen molar-refractivity contribution in [2.75, 3.05) is 0 Å². The van der Waals surface area contributed by atoms with Gasteiger partial charge in [-0.05, 0) is 48.1 Å². The molecule has 0 aliphatic heterocycles. The molecule has 0 heterocycles. The van der Waals surface area contributed by atoms with Crippen molar-refractivity contribution in [3.05, 3.63) is 70.5 Å². The van der Waals surface area contributed by atoms with E-state index < -0.39 is 5.97 Å². The Morgan fingerprint density at radius 1 is 1.14 bits per heavy atom. The minimum atomic E-state index is -0.933. The molecule has 1 aliphatic rings. The molecule has 3 nitrogen and oxygen atoms in total. The molecule has 0 spiro atoms. The first kappa shape index (κ1) is 14.7. The molecule has 0 saturated heterocycles. The van der Waals surface area contributed by atoms with E-state index in [0.29, 0.717) is 24.6 Å². The highest BCUT2D eigenvalue weighted by Crippen LogP contribution is 2.40. The summed E-state index contributed by atoms with van der Waals surface area (Å²) in [5, 5.41) is 12.0. The molecule has 0 aromatic heterocycles. The van der Waals surface area contributed by atoms with E-state index in [2.05, 4.69) is 5.32 Å². The van der Waals surface area contributed by atoms with E-state index in [-0.39, 0.29) is 11.4 Å². The first-order valence-corrected chi connectivity index (χ1v) is 7.45. The predicted molar refractivity (Wildman–Crippen MR) is 82.3 cm³/mol. The maximum Gasteiger partial charge on any atom is 0.335 e. The zero-order chi connectivity index (χ0) is 15.5. The van der Waals surface area contributed by atoms with Crippen LogP contribution in [0.3, 0.4) is 0 Å². The number of benzene rings is 2. The Bertz CT molecular complexity index is 678.